The van der Waals surface area contributed by atoms with Crippen molar-refractivity contribution in [3.8, 4) is 0 Å². The molecular weight excluding hydrogens is 274 g/mol. The van der Waals surface area contributed by atoms with Crippen LogP contribution in [0.25, 0.3) is 0 Å². The molecule has 5 N–H and O–H groups in total. The number of halogens is 1. The molecule has 6 nitrogen and oxygen atoms in total. The second-order valence-electron chi connectivity index (χ2n) is 4.40. The number of ether oxygens (including phenoxy) is 1. The molecule has 0 aliphatic carbocycles. The minimum absolute atomic E-state index is 0.553. The summed E-state index contributed by atoms with van der Waals surface area (Å²) in [5.41, 5.74) is 0.653. The summed E-state index contributed by atoms with van der Waals surface area (Å²) in [6, 6.07) is 6.73. The molecule has 1 saturated heterocycles. The van der Waals surface area contributed by atoms with Crippen molar-refractivity contribution in [2.45, 2.75) is 30.6 Å². The fourth-order valence-corrected chi connectivity index (χ4v) is 2.08. The normalized spacial score (nSPS) is 32.3. The van der Waals surface area contributed by atoms with E-state index in [2.05, 4.69) is 5.32 Å². The molecule has 19 heavy (non-hydrogen) atoms. The molecule has 1 aliphatic rings. The zero-order valence-electron chi connectivity index (χ0n) is 9.98. The first kappa shape index (κ1) is 14.5. The van der Waals surface area contributed by atoms with Gasteiger partial charge in [-0.15, -0.1) is 0 Å². The Morgan fingerprint density at radius 3 is 2.42 bits per heavy atom. The van der Waals surface area contributed by atoms with Crippen LogP contribution in [0.2, 0.25) is 5.02 Å². The number of rotatable bonds is 4. The van der Waals surface area contributed by atoms with E-state index in [0.717, 1.165) is 0 Å². The number of anilines is 1. The largest absolute Gasteiger partial charge is 0.394 e. The smallest absolute Gasteiger partial charge is 0.157 e. The summed E-state index contributed by atoms with van der Waals surface area (Å²) < 4.78 is 5.32. The third kappa shape index (κ3) is 3.17. The SMILES string of the molecule is OC[C@@H](O)[C@@H]1O[C@H](Nc2ccc(Cl)cc2)[C@H](O)[C@@H]1O. The molecule has 106 valence electrons. The predicted octanol–water partition coefficient (Wildman–Crippen LogP) is -0.448. The Kier molecular flexibility index (Phi) is 4.62. The Morgan fingerprint density at radius 2 is 1.84 bits per heavy atom. The van der Waals surface area contributed by atoms with Crippen molar-refractivity contribution in [3.63, 3.8) is 0 Å². The molecule has 2 rings (SSSR count). The minimum Gasteiger partial charge on any atom is -0.394 e. The van der Waals surface area contributed by atoms with Gasteiger partial charge in [0, 0.05) is 10.7 Å². The van der Waals surface area contributed by atoms with Gasteiger partial charge in [-0.2, -0.15) is 0 Å². The maximum absolute atomic E-state index is 9.83. The summed E-state index contributed by atoms with van der Waals surface area (Å²) >= 11 is 5.75. The molecule has 0 amide bonds. The van der Waals surface area contributed by atoms with Crippen LogP contribution in [-0.4, -0.2) is 57.7 Å². The molecule has 1 heterocycles. The zero-order chi connectivity index (χ0) is 14.0. The lowest BCUT2D eigenvalue weighted by molar-refractivity contribution is -0.0774. The van der Waals surface area contributed by atoms with Crippen molar-refractivity contribution in [2.75, 3.05) is 11.9 Å². The predicted molar refractivity (Wildman–Crippen MR) is 68.8 cm³/mol. The van der Waals surface area contributed by atoms with Crippen LogP contribution >= 0.6 is 11.6 Å². The van der Waals surface area contributed by atoms with Gasteiger partial charge in [-0.05, 0) is 24.3 Å². The van der Waals surface area contributed by atoms with Crippen molar-refractivity contribution < 1.29 is 25.2 Å². The maximum Gasteiger partial charge on any atom is 0.157 e. The van der Waals surface area contributed by atoms with E-state index < -0.39 is 37.3 Å². The molecule has 1 aromatic rings. The lowest BCUT2D eigenvalue weighted by Gasteiger charge is -2.19. The van der Waals surface area contributed by atoms with Gasteiger partial charge in [-0.1, -0.05) is 11.6 Å². The molecule has 0 spiro atoms. The third-order valence-electron chi connectivity index (χ3n) is 3.02. The van der Waals surface area contributed by atoms with Gasteiger partial charge in [-0.3, -0.25) is 0 Å². The Labute approximate surface area is 115 Å². The number of aliphatic hydroxyl groups excluding tert-OH is 4. The van der Waals surface area contributed by atoms with Crippen LogP contribution in [0.5, 0.6) is 0 Å². The van der Waals surface area contributed by atoms with Crippen LogP contribution in [0, 0.1) is 0 Å². The van der Waals surface area contributed by atoms with Gasteiger partial charge in [0.2, 0.25) is 0 Å². The molecule has 0 unspecified atom stereocenters. The van der Waals surface area contributed by atoms with E-state index in [-0.39, 0.29) is 0 Å². The first-order valence-corrected chi connectivity index (χ1v) is 6.23. The van der Waals surface area contributed by atoms with Crippen molar-refractivity contribution in [3.05, 3.63) is 29.3 Å². The van der Waals surface area contributed by atoms with Crippen LogP contribution in [0.3, 0.4) is 0 Å². The highest BCUT2D eigenvalue weighted by molar-refractivity contribution is 6.30. The van der Waals surface area contributed by atoms with Gasteiger partial charge < -0.3 is 30.5 Å². The number of benzene rings is 1. The first-order valence-electron chi connectivity index (χ1n) is 5.85. The highest BCUT2D eigenvalue weighted by atomic mass is 35.5. The Morgan fingerprint density at radius 1 is 1.21 bits per heavy atom. The molecule has 0 aromatic heterocycles. The molecular formula is C12H16ClNO5. The van der Waals surface area contributed by atoms with Crippen molar-refractivity contribution >= 4 is 17.3 Å². The number of hydrogen-bond donors (Lipinski definition) is 5. The van der Waals surface area contributed by atoms with Gasteiger partial charge in [0.05, 0.1) is 6.61 Å². The third-order valence-corrected chi connectivity index (χ3v) is 3.27. The lowest BCUT2D eigenvalue weighted by atomic mass is 10.1. The zero-order valence-corrected chi connectivity index (χ0v) is 10.7. The van der Waals surface area contributed by atoms with Crippen molar-refractivity contribution in [2.24, 2.45) is 0 Å². The summed E-state index contributed by atoms with van der Waals surface area (Å²) in [7, 11) is 0. The fraction of sp³-hybridized carbons (Fsp3) is 0.500. The highest BCUT2D eigenvalue weighted by Gasteiger charge is 2.45. The molecule has 5 atom stereocenters. The summed E-state index contributed by atoms with van der Waals surface area (Å²) in [5.74, 6) is 0. The first-order chi connectivity index (χ1) is 9.02. The summed E-state index contributed by atoms with van der Waals surface area (Å²) in [6.07, 6.45) is -5.64. The van der Waals surface area contributed by atoms with Gasteiger partial charge >= 0.3 is 0 Å². The lowest BCUT2D eigenvalue weighted by Crippen LogP contribution is -2.40. The Balaban J connectivity index is 2.03. The van der Waals surface area contributed by atoms with E-state index in [1.54, 1.807) is 24.3 Å². The second-order valence-corrected chi connectivity index (χ2v) is 4.84. The van der Waals surface area contributed by atoms with E-state index in [1.807, 2.05) is 0 Å². The van der Waals surface area contributed by atoms with Crippen LogP contribution < -0.4 is 5.32 Å². The van der Waals surface area contributed by atoms with E-state index in [1.165, 1.54) is 0 Å². The van der Waals surface area contributed by atoms with E-state index in [0.29, 0.717) is 10.7 Å². The Bertz CT molecular complexity index is 415. The highest BCUT2D eigenvalue weighted by Crippen LogP contribution is 2.25. The summed E-state index contributed by atoms with van der Waals surface area (Å²) in [4.78, 5) is 0. The molecule has 1 fully saturated rings. The van der Waals surface area contributed by atoms with Gasteiger partial charge in [0.15, 0.2) is 6.23 Å². The average molecular weight is 290 g/mol. The molecule has 1 aliphatic heterocycles. The number of aliphatic hydroxyl groups is 4. The van der Waals surface area contributed by atoms with Crippen LogP contribution in [0.1, 0.15) is 0 Å². The van der Waals surface area contributed by atoms with Crippen LogP contribution in [-0.2, 0) is 4.74 Å². The average Bonchev–Trinajstić information content (AvgIpc) is 2.69. The van der Waals surface area contributed by atoms with Crippen LogP contribution in [0.15, 0.2) is 24.3 Å². The number of hydrogen-bond acceptors (Lipinski definition) is 6. The van der Waals surface area contributed by atoms with Gasteiger partial charge in [0.25, 0.3) is 0 Å². The fourth-order valence-electron chi connectivity index (χ4n) is 1.96. The van der Waals surface area contributed by atoms with E-state index in [4.69, 9.17) is 21.4 Å². The number of nitrogens with one attached hydrogen (secondary N) is 1. The van der Waals surface area contributed by atoms with E-state index in [9.17, 15) is 15.3 Å². The van der Waals surface area contributed by atoms with Crippen LogP contribution in [0.4, 0.5) is 5.69 Å². The summed E-state index contributed by atoms with van der Waals surface area (Å²) in [6.45, 7) is -0.553. The van der Waals surface area contributed by atoms with Gasteiger partial charge in [-0.25, -0.2) is 0 Å². The Hall–Kier alpha value is -0.890. The maximum atomic E-state index is 9.83. The molecule has 1 aromatic carbocycles. The quantitative estimate of drug-likeness (QED) is 0.515. The van der Waals surface area contributed by atoms with Gasteiger partial charge in [0.1, 0.15) is 24.4 Å². The standard InChI is InChI=1S/C12H16ClNO5/c13-6-1-3-7(4-2-6)14-12-10(18)9(17)11(19-12)8(16)5-15/h1-4,8-12,14-18H,5H2/t8-,9+,10-,11+,12+/m1/s1. The topological polar surface area (TPSA) is 102 Å². The monoisotopic (exact) mass is 289 g/mol. The van der Waals surface area contributed by atoms with E-state index >= 15 is 0 Å². The minimum atomic E-state index is -1.27. The molecule has 0 saturated carbocycles. The van der Waals surface area contributed by atoms with Crippen molar-refractivity contribution in [1.82, 2.24) is 0 Å². The second kappa shape index (κ2) is 6.04. The molecule has 7 heteroatoms. The molecule has 0 bridgehead atoms. The van der Waals surface area contributed by atoms with Crippen molar-refractivity contribution in [1.29, 1.82) is 0 Å². The summed E-state index contributed by atoms with van der Waals surface area (Å²) in [5, 5.41) is 41.3. The molecule has 0 radical (unpaired) electrons.